The van der Waals surface area contributed by atoms with E-state index in [1.54, 1.807) is 28.6 Å². The SMILES string of the molecule is Cc1ncn(CC2CCN(Cc3ccc(=O)n(C)c3)CC2)c(=O)c1C. The Morgan fingerprint density at radius 2 is 1.88 bits per heavy atom. The van der Waals surface area contributed by atoms with Crippen LogP contribution in [0.1, 0.15) is 29.7 Å². The molecule has 0 N–H and O–H groups in total. The summed E-state index contributed by atoms with van der Waals surface area (Å²) in [4.78, 5) is 30.5. The lowest BCUT2D eigenvalue weighted by molar-refractivity contribution is 0.166. The van der Waals surface area contributed by atoms with Crippen LogP contribution in [0.4, 0.5) is 0 Å². The van der Waals surface area contributed by atoms with Gasteiger partial charge >= 0.3 is 0 Å². The summed E-state index contributed by atoms with van der Waals surface area (Å²) in [6, 6.07) is 3.54. The van der Waals surface area contributed by atoms with Crippen molar-refractivity contribution in [3.63, 3.8) is 0 Å². The summed E-state index contributed by atoms with van der Waals surface area (Å²) in [6.45, 7) is 7.36. The van der Waals surface area contributed by atoms with Gasteiger partial charge < -0.3 is 4.57 Å². The number of nitrogens with zero attached hydrogens (tertiary/aromatic N) is 4. The highest BCUT2D eigenvalue weighted by atomic mass is 16.1. The van der Waals surface area contributed by atoms with Gasteiger partial charge in [0, 0.05) is 43.7 Å². The number of aromatic nitrogens is 3. The molecule has 3 heterocycles. The Hall–Kier alpha value is -2.21. The fourth-order valence-electron chi connectivity index (χ4n) is 3.41. The third-order valence-corrected chi connectivity index (χ3v) is 5.23. The van der Waals surface area contributed by atoms with Gasteiger partial charge in [0.05, 0.1) is 6.33 Å². The topological polar surface area (TPSA) is 60.1 Å². The monoisotopic (exact) mass is 342 g/mol. The van der Waals surface area contributed by atoms with Crippen LogP contribution in [0.25, 0.3) is 0 Å². The average molecular weight is 342 g/mol. The highest BCUT2D eigenvalue weighted by Crippen LogP contribution is 2.20. The highest BCUT2D eigenvalue weighted by Gasteiger charge is 2.20. The summed E-state index contributed by atoms with van der Waals surface area (Å²) in [7, 11) is 1.79. The smallest absolute Gasteiger partial charge is 0.256 e. The maximum Gasteiger partial charge on any atom is 0.256 e. The zero-order chi connectivity index (χ0) is 18.0. The molecule has 6 heteroatoms. The van der Waals surface area contributed by atoms with Crippen molar-refractivity contribution in [3.8, 4) is 0 Å². The number of aryl methyl sites for hydroxylation is 2. The minimum Gasteiger partial charge on any atom is -0.318 e. The average Bonchev–Trinajstić information content (AvgIpc) is 2.60. The summed E-state index contributed by atoms with van der Waals surface area (Å²) in [5, 5.41) is 0. The molecule has 3 rings (SSSR count). The number of piperidine rings is 1. The zero-order valence-corrected chi connectivity index (χ0v) is 15.2. The lowest BCUT2D eigenvalue weighted by Gasteiger charge is -2.32. The first-order chi connectivity index (χ1) is 11.9. The van der Waals surface area contributed by atoms with Crippen molar-refractivity contribution < 1.29 is 0 Å². The molecule has 1 aliphatic rings. The van der Waals surface area contributed by atoms with Crippen LogP contribution in [0.2, 0.25) is 0 Å². The lowest BCUT2D eigenvalue weighted by atomic mass is 9.96. The van der Waals surface area contributed by atoms with Crippen molar-refractivity contribution >= 4 is 0 Å². The number of rotatable bonds is 4. The lowest BCUT2D eigenvalue weighted by Crippen LogP contribution is -2.36. The van der Waals surface area contributed by atoms with Gasteiger partial charge in [0.15, 0.2) is 0 Å². The van der Waals surface area contributed by atoms with Crippen molar-refractivity contribution in [2.75, 3.05) is 13.1 Å². The van der Waals surface area contributed by atoms with E-state index in [1.165, 1.54) is 0 Å². The first-order valence-electron chi connectivity index (χ1n) is 8.84. The molecule has 0 radical (unpaired) electrons. The van der Waals surface area contributed by atoms with Gasteiger partial charge in [-0.05, 0) is 51.3 Å². The number of hydrogen-bond donors (Lipinski definition) is 0. The predicted molar refractivity (Wildman–Crippen MR) is 97.7 cm³/mol. The summed E-state index contributed by atoms with van der Waals surface area (Å²) in [6.07, 6.45) is 5.74. The first kappa shape index (κ1) is 17.6. The number of likely N-dealkylation sites (tertiary alicyclic amines) is 1. The second-order valence-corrected chi connectivity index (χ2v) is 7.12. The van der Waals surface area contributed by atoms with Crippen molar-refractivity contribution in [3.05, 3.63) is 62.2 Å². The predicted octanol–water partition coefficient (Wildman–Crippen LogP) is 1.47. The quantitative estimate of drug-likeness (QED) is 0.844. The van der Waals surface area contributed by atoms with E-state index in [1.807, 2.05) is 26.1 Å². The third kappa shape index (κ3) is 4.07. The van der Waals surface area contributed by atoms with Crippen molar-refractivity contribution in [1.29, 1.82) is 0 Å². The second-order valence-electron chi connectivity index (χ2n) is 7.12. The van der Waals surface area contributed by atoms with E-state index in [9.17, 15) is 9.59 Å². The van der Waals surface area contributed by atoms with Crippen LogP contribution in [0.15, 0.2) is 34.2 Å². The minimum absolute atomic E-state index is 0.0231. The van der Waals surface area contributed by atoms with Gasteiger partial charge in [-0.25, -0.2) is 4.98 Å². The minimum atomic E-state index is 0.0231. The van der Waals surface area contributed by atoms with Crippen molar-refractivity contribution in [2.45, 2.75) is 39.8 Å². The van der Waals surface area contributed by atoms with E-state index in [2.05, 4.69) is 9.88 Å². The Bertz CT molecular complexity index is 860. The molecule has 134 valence electrons. The molecule has 0 bridgehead atoms. The van der Waals surface area contributed by atoms with E-state index in [4.69, 9.17) is 0 Å². The molecule has 0 unspecified atom stereocenters. The molecule has 0 spiro atoms. The summed E-state index contributed by atoms with van der Waals surface area (Å²) < 4.78 is 3.39. The molecule has 0 atom stereocenters. The fraction of sp³-hybridized carbons (Fsp3) is 0.526. The maximum absolute atomic E-state index is 12.3. The van der Waals surface area contributed by atoms with E-state index in [-0.39, 0.29) is 11.1 Å². The molecule has 0 aliphatic carbocycles. The molecule has 0 saturated carbocycles. The normalized spacial score (nSPS) is 16.3. The second kappa shape index (κ2) is 7.35. The Labute approximate surface area is 147 Å². The number of pyridine rings is 1. The van der Waals surface area contributed by atoms with Crippen LogP contribution >= 0.6 is 0 Å². The van der Waals surface area contributed by atoms with Gasteiger partial charge in [-0.2, -0.15) is 0 Å². The highest BCUT2D eigenvalue weighted by molar-refractivity contribution is 5.12. The third-order valence-electron chi connectivity index (χ3n) is 5.23. The van der Waals surface area contributed by atoms with E-state index < -0.39 is 0 Å². The molecule has 25 heavy (non-hydrogen) atoms. The summed E-state index contributed by atoms with van der Waals surface area (Å²) in [5.41, 5.74) is 2.83. The van der Waals surface area contributed by atoms with Crippen molar-refractivity contribution in [2.24, 2.45) is 13.0 Å². The molecule has 0 aromatic carbocycles. The maximum atomic E-state index is 12.3. The largest absolute Gasteiger partial charge is 0.318 e. The van der Waals surface area contributed by atoms with E-state index in [0.717, 1.165) is 55.8 Å². The zero-order valence-electron chi connectivity index (χ0n) is 15.2. The Morgan fingerprint density at radius 3 is 2.56 bits per heavy atom. The Balaban J connectivity index is 1.57. The van der Waals surface area contributed by atoms with Crippen LogP contribution in [0, 0.1) is 19.8 Å². The fourth-order valence-corrected chi connectivity index (χ4v) is 3.41. The van der Waals surface area contributed by atoms with Crippen molar-refractivity contribution in [1.82, 2.24) is 19.0 Å². The van der Waals surface area contributed by atoms with Gasteiger partial charge in [-0.3, -0.25) is 19.1 Å². The van der Waals surface area contributed by atoms with Gasteiger partial charge in [0.25, 0.3) is 5.56 Å². The molecular weight excluding hydrogens is 316 g/mol. The van der Waals surface area contributed by atoms with Crippen LogP contribution in [-0.2, 0) is 20.1 Å². The Kier molecular flexibility index (Phi) is 5.18. The van der Waals surface area contributed by atoms with Gasteiger partial charge in [-0.1, -0.05) is 6.07 Å². The summed E-state index contributed by atoms with van der Waals surface area (Å²) >= 11 is 0. The molecule has 2 aromatic rings. The Morgan fingerprint density at radius 1 is 1.16 bits per heavy atom. The van der Waals surface area contributed by atoms with Gasteiger partial charge in [-0.15, -0.1) is 0 Å². The molecule has 0 amide bonds. The summed E-state index contributed by atoms with van der Waals surface area (Å²) in [5.74, 6) is 0.512. The van der Waals surface area contributed by atoms with Crippen LogP contribution < -0.4 is 11.1 Å². The number of hydrogen-bond acceptors (Lipinski definition) is 4. The first-order valence-corrected chi connectivity index (χ1v) is 8.84. The molecule has 2 aromatic heterocycles. The van der Waals surface area contributed by atoms with E-state index in [0.29, 0.717) is 5.92 Å². The standard InChI is InChI=1S/C19H26N4O2/c1-14-15(2)20-13-23(19(14)25)12-16-6-8-22(9-7-16)11-17-4-5-18(24)21(3)10-17/h4-5,10,13,16H,6-9,11-12H2,1-3H3. The van der Waals surface area contributed by atoms with Gasteiger partial charge in [0.2, 0.25) is 5.56 Å². The van der Waals surface area contributed by atoms with Crippen LogP contribution in [-0.4, -0.2) is 32.1 Å². The molecule has 1 fully saturated rings. The van der Waals surface area contributed by atoms with Crippen LogP contribution in [0.3, 0.4) is 0 Å². The molecule has 1 saturated heterocycles. The van der Waals surface area contributed by atoms with Gasteiger partial charge in [0.1, 0.15) is 0 Å². The molecule has 1 aliphatic heterocycles. The van der Waals surface area contributed by atoms with E-state index >= 15 is 0 Å². The van der Waals surface area contributed by atoms with Crippen LogP contribution in [0.5, 0.6) is 0 Å². The molecular formula is C19H26N4O2. The molecule has 6 nitrogen and oxygen atoms in total.